The normalized spacial score (nSPS) is 29.9. The smallest absolute Gasteiger partial charge is 0.394 e. The van der Waals surface area contributed by atoms with Crippen molar-refractivity contribution < 1.29 is 82.4 Å². The van der Waals surface area contributed by atoms with Gasteiger partial charge in [-0.2, -0.15) is 0 Å². The maximum atomic E-state index is 13.5. The van der Waals surface area contributed by atoms with Crippen molar-refractivity contribution >= 4 is 31.8 Å². The van der Waals surface area contributed by atoms with Gasteiger partial charge in [-0.05, 0) is 70.1 Å². The van der Waals surface area contributed by atoms with Crippen LogP contribution < -0.4 is 10.6 Å². The number of ketones is 1. The molecule has 21 heteroatoms. The highest BCUT2D eigenvalue weighted by atomic mass is 31.1. The summed E-state index contributed by atoms with van der Waals surface area (Å²) in [5, 5.41) is 65.3. The molecule has 20 nitrogen and oxygen atoms in total. The van der Waals surface area contributed by atoms with Gasteiger partial charge >= 0.3 is 8.25 Å². The number of ether oxygens (including phenoxy) is 4. The van der Waals surface area contributed by atoms with Gasteiger partial charge in [-0.1, -0.05) is 33.6 Å². The molecule has 0 spiro atoms. The Balaban J connectivity index is 1.38. The predicted molar refractivity (Wildman–Crippen MR) is 235 cm³/mol. The topological polar surface area (TPSA) is 289 Å². The molecule has 3 fully saturated rings. The Morgan fingerprint density at radius 1 is 0.708 bits per heavy atom. The van der Waals surface area contributed by atoms with Gasteiger partial charge in [-0.25, -0.2) is 0 Å². The number of hydrogen-bond acceptors (Lipinski definition) is 17. The Labute approximate surface area is 384 Å². The third-order valence-corrected chi connectivity index (χ3v) is 13.2. The average molecular weight is 953 g/mol. The summed E-state index contributed by atoms with van der Waals surface area (Å²) in [5.74, 6) is -1.18. The fraction of sp³-hybridized carbons (Fsp3) is 0.909. The van der Waals surface area contributed by atoms with E-state index in [1.54, 1.807) is 18.7 Å². The molecule has 11 unspecified atom stereocenters. The highest BCUT2D eigenvalue weighted by Crippen LogP contribution is 2.30. The van der Waals surface area contributed by atoms with Crippen molar-refractivity contribution in [1.29, 1.82) is 0 Å². The van der Waals surface area contributed by atoms with E-state index >= 15 is 0 Å². The van der Waals surface area contributed by atoms with Crippen LogP contribution in [0, 0.1) is 17.8 Å². The summed E-state index contributed by atoms with van der Waals surface area (Å²) >= 11 is 0. The highest BCUT2D eigenvalue weighted by molar-refractivity contribution is 7.33. The van der Waals surface area contributed by atoms with Crippen molar-refractivity contribution in [1.82, 2.24) is 15.5 Å². The zero-order valence-electron chi connectivity index (χ0n) is 38.8. The monoisotopic (exact) mass is 953 g/mol. The number of nitrogens with zero attached hydrogens (tertiary/aromatic N) is 1. The molecular formula is C44H79N3O17P+. The van der Waals surface area contributed by atoms with Gasteiger partial charge in [0.05, 0.1) is 44.6 Å². The number of aliphatic hydroxyl groups is 6. The predicted octanol–water partition coefficient (Wildman–Crippen LogP) is 1.75. The Morgan fingerprint density at radius 2 is 1.25 bits per heavy atom. The Hall–Kier alpha value is -2.30. The van der Waals surface area contributed by atoms with Crippen LogP contribution in [0.3, 0.4) is 0 Å². The quantitative estimate of drug-likeness (QED) is 0.0352. The third kappa shape index (κ3) is 19.7. The van der Waals surface area contributed by atoms with E-state index in [4.69, 9.17) is 28.0 Å². The minimum absolute atomic E-state index is 0.0240. The first-order valence-corrected chi connectivity index (χ1v) is 24.7. The van der Waals surface area contributed by atoms with Gasteiger partial charge < -0.3 is 65.1 Å². The Kier molecular flexibility index (Phi) is 27.2. The van der Waals surface area contributed by atoms with Crippen LogP contribution in [-0.4, -0.2) is 174 Å². The first kappa shape index (κ1) is 57.0. The number of unbranched alkanes of at least 4 members (excludes halogenated alkanes) is 6. The number of carbonyl (C=O) groups is 4. The summed E-state index contributed by atoms with van der Waals surface area (Å²) in [5.41, 5.74) is 0. The SMILES string of the molecule is CO[P+](=O)OC[C@@H]1C[C@@H](C)CN1C(=O)CCCCCCC(=O)[C@H](CCCCNC(=O)CCCCOC1OC(CO)C(O)C(O)C1C)NC(=O)CCCCOC1OC(CO)C(O)C(O)C1C. The van der Waals surface area contributed by atoms with Crippen molar-refractivity contribution in [3.05, 3.63) is 0 Å². The Bertz CT molecular complexity index is 1430. The van der Waals surface area contributed by atoms with Crippen LogP contribution in [0.2, 0.25) is 0 Å². The van der Waals surface area contributed by atoms with Gasteiger partial charge in [-0.15, -0.1) is 9.05 Å². The van der Waals surface area contributed by atoms with Gasteiger partial charge in [-0.3, -0.25) is 19.2 Å². The van der Waals surface area contributed by atoms with Gasteiger partial charge in [0, 0.05) is 68.4 Å². The van der Waals surface area contributed by atoms with Crippen LogP contribution in [0.4, 0.5) is 0 Å². The molecule has 0 aliphatic carbocycles. The van der Waals surface area contributed by atoms with Crippen molar-refractivity contribution in [2.45, 2.75) is 185 Å². The standard InChI is InChI=1S/C44H78N3O17P/c1-28-23-31(27-62-65(58)59-4)47(24-28)38(53)19-8-6-5-7-16-33(50)32(46-37(52)18-11-14-22-61-44-30(3)40(55)42(57)35(26-49)64-44)15-9-12-20-45-36(51)17-10-13-21-60-43-29(2)39(54)41(56)34(25-48)63-43/h28-32,34-35,39-44,48-49,54-57H,5-27H2,1-4H3,(H-,45,46,51,52)/p+1/t28-,29?,30?,31+,32+,34?,35?,39?,40?,41?,42?,43?,44?/m1/s1. The van der Waals surface area contributed by atoms with E-state index in [2.05, 4.69) is 17.6 Å². The maximum Gasteiger partial charge on any atom is 0.697 e. The number of Topliss-reactive ketones (excluding diaryl/α,β-unsaturated/α-hetero) is 1. The Morgan fingerprint density at radius 3 is 1.80 bits per heavy atom. The fourth-order valence-corrected chi connectivity index (χ4v) is 8.83. The summed E-state index contributed by atoms with van der Waals surface area (Å²) in [6.07, 6.45) is 0.0408. The van der Waals surface area contributed by atoms with Crippen LogP contribution >= 0.6 is 8.25 Å². The summed E-state index contributed by atoms with van der Waals surface area (Å²) in [4.78, 5) is 53.9. The van der Waals surface area contributed by atoms with Crippen LogP contribution in [0.25, 0.3) is 0 Å². The molecule has 3 rings (SSSR count). The summed E-state index contributed by atoms with van der Waals surface area (Å²) in [6.45, 7) is 6.18. The van der Waals surface area contributed by atoms with E-state index < -0.39 is 88.6 Å². The van der Waals surface area contributed by atoms with Gasteiger partial charge in [0.2, 0.25) is 17.7 Å². The number of carbonyl (C=O) groups excluding carboxylic acids is 4. The minimum Gasteiger partial charge on any atom is -0.394 e. The van der Waals surface area contributed by atoms with Crippen molar-refractivity contribution in [2.75, 3.05) is 53.2 Å². The second kappa shape index (κ2) is 31.0. The molecule has 65 heavy (non-hydrogen) atoms. The molecule has 0 radical (unpaired) electrons. The number of likely N-dealkylation sites (tertiary alicyclic amines) is 1. The molecule has 0 aromatic carbocycles. The molecule has 3 amide bonds. The number of aliphatic hydroxyl groups excluding tert-OH is 6. The molecule has 3 saturated heterocycles. The van der Waals surface area contributed by atoms with Gasteiger partial charge in [0.15, 0.2) is 18.4 Å². The molecule has 0 aromatic heterocycles. The van der Waals surface area contributed by atoms with Crippen molar-refractivity contribution in [2.24, 2.45) is 17.8 Å². The lowest BCUT2D eigenvalue weighted by Crippen LogP contribution is -2.55. The van der Waals surface area contributed by atoms with E-state index in [0.29, 0.717) is 83.2 Å². The lowest BCUT2D eigenvalue weighted by Gasteiger charge is -2.40. The van der Waals surface area contributed by atoms with E-state index in [1.807, 2.05) is 0 Å². The van der Waals surface area contributed by atoms with Crippen LogP contribution in [-0.2, 0) is 51.7 Å². The fourth-order valence-electron chi connectivity index (χ4n) is 8.43. The van der Waals surface area contributed by atoms with Crippen LogP contribution in [0.1, 0.15) is 124 Å². The highest BCUT2D eigenvalue weighted by Gasteiger charge is 2.43. The van der Waals surface area contributed by atoms with Crippen LogP contribution in [0.15, 0.2) is 0 Å². The van der Waals surface area contributed by atoms with Crippen molar-refractivity contribution in [3.8, 4) is 0 Å². The zero-order valence-corrected chi connectivity index (χ0v) is 39.7. The average Bonchev–Trinajstić information content (AvgIpc) is 3.68. The summed E-state index contributed by atoms with van der Waals surface area (Å²) in [7, 11) is -0.906. The largest absolute Gasteiger partial charge is 0.697 e. The molecule has 3 aliphatic heterocycles. The second-order valence-corrected chi connectivity index (χ2v) is 18.9. The van der Waals surface area contributed by atoms with E-state index in [1.165, 1.54) is 7.11 Å². The number of nitrogens with one attached hydrogen (secondary N) is 2. The maximum absolute atomic E-state index is 13.5. The summed E-state index contributed by atoms with van der Waals surface area (Å²) in [6, 6.07) is -0.846. The third-order valence-electron chi connectivity index (χ3n) is 12.5. The molecule has 8 N–H and O–H groups in total. The number of amides is 3. The first-order chi connectivity index (χ1) is 31.1. The lowest BCUT2D eigenvalue weighted by molar-refractivity contribution is -0.282. The minimum atomic E-state index is -2.21. The molecular weight excluding hydrogens is 873 g/mol. The number of hydrogen-bond donors (Lipinski definition) is 8. The molecule has 0 saturated carbocycles. The molecule has 376 valence electrons. The van der Waals surface area contributed by atoms with Crippen LogP contribution in [0.5, 0.6) is 0 Å². The van der Waals surface area contributed by atoms with E-state index in [9.17, 15) is 54.4 Å². The van der Waals surface area contributed by atoms with E-state index in [-0.39, 0.29) is 68.6 Å². The molecule has 0 bridgehead atoms. The first-order valence-electron chi connectivity index (χ1n) is 23.6. The molecule has 14 atom stereocenters. The van der Waals surface area contributed by atoms with Crippen molar-refractivity contribution in [3.63, 3.8) is 0 Å². The molecule has 3 heterocycles. The molecule has 0 aromatic rings. The zero-order chi connectivity index (χ0) is 47.9. The van der Waals surface area contributed by atoms with Gasteiger partial charge in [0.1, 0.15) is 31.0 Å². The summed E-state index contributed by atoms with van der Waals surface area (Å²) < 4.78 is 44.2. The van der Waals surface area contributed by atoms with Gasteiger partial charge in [0.25, 0.3) is 0 Å². The molecule has 3 aliphatic rings. The van der Waals surface area contributed by atoms with E-state index in [0.717, 1.165) is 19.3 Å². The second-order valence-electron chi connectivity index (χ2n) is 17.9. The lowest BCUT2D eigenvalue weighted by atomic mass is 9.92. The number of rotatable bonds is 32.